The Hall–Kier alpha value is -0.380. The molecule has 4 heteroatoms. The summed E-state index contributed by atoms with van der Waals surface area (Å²) in [7, 11) is 1.78. The molecule has 0 spiro atoms. The van der Waals surface area contributed by atoms with E-state index in [0.29, 0.717) is 0 Å². The van der Waals surface area contributed by atoms with Crippen molar-refractivity contribution in [2.24, 2.45) is 0 Å². The van der Waals surface area contributed by atoms with Crippen molar-refractivity contribution in [2.75, 3.05) is 19.3 Å². The van der Waals surface area contributed by atoms with Gasteiger partial charge in [0.15, 0.2) is 0 Å². The van der Waals surface area contributed by atoms with Crippen molar-refractivity contribution in [1.29, 1.82) is 0 Å². The van der Waals surface area contributed by atoms with Gasteiger partial charge in [-0.2, -0.15) is 11.8 Å². The molecule has 0 aliphatic rings. The normalized spacial score (nSPS) is 12.4. The molecule has 3 nitrogen and oxygen atoms in total. The number of hydrogen-bond donors (Lipinski definition) is 0. The molecule has 0 rings (SSSR count). The highest BCUT2D eigenvalue weighted by atomic mass is 32.2. The Labute approximate surface area is 104 Å². The van der Waals surface area contributed by atoms with Crippen LogP contribution in [0, 0.1) is 0 Å². The van der Waals surface area contributed by atoms with E-state index in [1.807, 2.05) is 32.5 Å². The molecule has 0 N–H and O–H groups in total. The number of rotatable bonds is 3. The van der Waals surface area contributed by atoms with Crippen LogP contribution in [-0.4, -0.2) is 40.7 Å². The molecular formula is C12H25NO2S. The predicted molar refractivity (Wildman–Crippen MR) is 71.1 cm³/mol. The molecule has 0 saturated heterocycles. The highest BCUT2D eigenvalue weighted by molar-refractivity contribution is 8.00. The van der Waals surface area contributed by atoms with E-state index in [2.05, 4.69) is 20.8 Å². The Morgan fingerprint density at radius 2 is 1.69 bits per heavy atom. The summed E-state index contributed by atoms with van der Waals surface area (Å²) in [6, 6.07) is 0. The van der Waals surface area contributed by atoms with Crippen molar-refractivity contribution >= 4 is 17.9 Å². The van der Waals surface area contributed by atoms with E-state index >= 15 is 0 Å². The Morgan fingerprint density at radius 1 is 1.19 bits per heavy atom. The maximum Gasteiger partial charge on any atom is 0.410 e. The van der Waals surface area contributed by atoms with Gasteiger partial charge in [-0.15, -0.1) is 0 Å². The quantitative estimate of drug-likeness (QED) is 0.765. The van der Waals surface area contributed by atoms with Crippen molar-refractivity contribution in [1.82, 2.24) is 4.90 Å². The molecule has 96 valence electrons. The lowest BCUT2D eigenvalue weighted by atomic mass is 10.2. The molecule has 0 bridgehead atoms. The number of thioether (sulfide) groups is 1. The maximum absolute atomic E-state index is 11.6. The van der Waals surface area contributed by atoms with Gasteiger partial charge in [-0.1, -0.05) is 20.8 Å². The molecular weight excluding hydrogens is 222 g/mol. The van der Waals surface area contributed by atoms with Gasteiger partial charge in [0, 0.05) is 24.1 Å². The topological polar surface area (TPSA) is 29.5 Å². The molecule has 0 heterocycles. The summed E-state index contributed by atoms with van der Waals surface area (Å²) < 4.78 is 5.50. The highest BCUT2D eigenvalue weighted by Crippen LogP contribution is 2.22. The summed E-state index contributed by atoms with van der Waals surface area (Å²) >= 11 is 1.85. The van der Waals surface area contributed by atoms with E-state index < -0.39 is 5.60 Å². The minimum atomic E-state index is -0.414. The van der Waals surface area contributed by atoms with Crippen LogP contribution in [0.1, 0.15) is 41.5 Å². The van der Waals surface area contributed by atoms with Crippen molar-refractivity contribution in [3.05, 3.63) is 0 Å². The zero-order valence-corrected chi connectivity index (χ0v) is 12.4. The molecule has 0 unspecified atom stereocenters. The lowest BCUT2D eigenvalue weighted by Crippen LogP contribution is -2.35. The van der Waals surface area contributed by atoms with Crippen LogP contribution in [0.5, 0.6) is 0 Å². The van der Waals surface area contributed by atoms with Crippen molar-refractivity contribution in [3.8, 4) is 0 Å². The Morgan fingerprint density at radius 3 is 2.06 bits per heavy atom. The standard InChI is InChI=1S/C12H25NO2S/c1-11(2,3)15-10(14)13(7)8-9-16-12(4,5)6/h8-9H2,1-7H3. The number of nitrogens with zero attached hydrogens (tertiary/aromatic N) is 1. The second-order valence-electron chi connectivity index (χ2n) is 5.86. The van der Waals surface area contributed by atoms with Crippen LogP contribution < -0.4 is 0 Å². The van der Waals surface area contributed by atoms with Gasteiger partial charge in [0.2, 0.25) is 0 Å². The molecule has 16 heavy (non-hydrogen) atoms. The van der Waals surface area contributed by atoms with Gasteiger partial charge >= 0.3 is 6.09 Å². The molecule has 0 aliphatic heterocycles. The summed E-state index contributed by atoms with van der Waals surface area (Å²) in [6.07, 6.45) is -0.248. The van der Waals surface area contributed by atoms with E-state index in [1.165, 1.54) is 0 Å². The molecule has 0 aromatic heterocycles. The van der Waals surface area contributed by atoms with Gasteiger partial charge in [-0.3, -0.25) is 0 Å². The number of hydrogen-bond acceptors (Lipinski definition) is 3. The van der Waals surface area contributed by atoms with Crippen LogP contribution in [0.2, 0.25) is 0 Å². The van der Waals surface area contributed by atoms with Crippen LogP contribution >= 0.6 is 11.8 Å². The van der Waals surface area contributed by atoms with Gasteiger partial charge in [0.05, 0.1) is 0 Å². The third-order valence-electron chi connectivity index (χ3n) is 1.67. The van der Waals surface area contributed by atoms with Gasteiger partial charge in [0.1, 0.15) is 5.60 Å². The lowest BCUT2D eigenvalue weighted by molar-refractivity contribution is 0.0309. The third-order valence-corrected chi connectivity index (χ3v) is 2.92. The van der Waals surface area contributed by atoms with Crippen molar-refractivity contribution < 1.29 is 9.53 Å². The molecule has 0 aromatic carbocycles. The van der Waals surface area contributed by atoms with Crippen LogP contribution in [-0.2, 0) is 4.74 Å². The molecule has 0 aliphatic carbocycles. The second kappa shape index (κ2) is 5.80. The molecule has 0 saturated carbocycles. The number of carbonyl (C=O) groups excluding carboxylic acids is 1. The van der Waals surface area contributed by atoms with E-state index in [-0.39, 0.29) is 10.8 Å². The third kappa shape index (κ3) is 8.89. The van der Waals surface area contributed by atoms with Crippen LogP contribution in [0.3, 0.4) is 0 Å². The summed E-state index contributed by atoms with van der Waals surface area (Å²) in [4.78, 5) is 13.2. The van der Waals surface area contributed by atoms with Gasteiger partial charge in [-0.25, -0.2) is 4.79 Å². The van der Waals surface area contributed by atoms with E-state index in [1.54, 1.807) is 11.9 Å². The highest BCUT2D eigenvalue weighted by Gasteiger charge is 2.19. The van der Waals surface area contributed by atoms with Crippen molar-refractivity contribution in [2.45, 2.75) is 51.9 Å². The molecule has 0 atom stereocenters. The second-order valence-corrected chi connectivity index (χ2v) is 7.78. The smallest absolute Gasteiger partial charge is 0.410 e. The lowest BCUT2D eigenvalue weighted by Gasteiger charge is -2.25. The fourth-order valence-electron chi connectivity index (χ4n) is 0.920. The Balaban J connectivity index is 3.89. The predicted octanol–water partition coefficient (Wildman–Crippen LogP) is 3.39. The van der Waals surface area contributed by atoms with Crippen LogP contribution in [0.25, 0.3) is 0 Å². The zero-order chi connectivity index (χ0) is 13.0. The zero-order valence-electron chi connectivity index (χ0n) is 11.6. The van der Waals surface area contributed by atoms with Crippen LogP contribution in [0.4, 0.5) is 4.79 Å². The molecule has 0 aromatic rings. The number of ether oxygens (including phenoxy) is 1. The fourth-order valence-corrected chi connectivity index (χ4v) is 1.90. The molecule has 0 radical (unpaired) electrons. The monoisotopic (exact) mass is 247 g/mol. The molecule has 0 fully saturated rings. The van der Waals surface area contributed by atoms with E-state index in [9.17, 15) is 4.79 Å². The average Bonchev–Trinajstić information content (AvgIpc) is 1.98. The minimum absolute atomic E-state index is 0.245. The van der Waals surface area contributed by atoms with Crippen LogP contribution in [0.15, 0.2) is 0 Å². The first-order valence-corrected chi connectivity index (χ1v) is 6.58. The van der Waals surface area contributed by atoms with Crippen molar-refractivity contribution in [3.63, 3.8) is 0 Å². The molecule has 1 amide bonds. The fraction of sp³-hybridized carbons (Fsp3) is 0.917. The summed E-state index contributed by atoms with van der Waals surface area (Å²) in [5.41, 5.74) is -0.414. The van der Waals surface area contributed by atoms with E-state index in [0.717, 1.165) is 12.3 Å². The Kier molecular flexibility index (Phi) is 5.66. The summed E-state index contributed by atoms with van der Waals surface area (Å²) in [5.74, 6) is 0.930. The van der Waals surface area contributed by atoms with E-state index in [4.69, 9.17) is 4.74 Å². The largest absolute Gasteiger partial charge is 0.444 e. The Bertz CT molecular complexity index is 228. The number of amides is 1. The van der Waals surface area contributed by atoms with Gasteiger partial charge in [0.25, 0.3) is 0 Å². The minimum Gasteiger partial charge on any atom is -0.444 e. The summed E-state index contributed by atoms with van der Waals surface area (Å²) in [6.45, 7) is 12.9. The average molecular weight is 247 g/mol. The van der Waals surface area contributed by atoms with Gasteiger partial charge in [-0.05, 0) is 20.8 Å². The SMILES string of the molecule is CN(CCSC(C)(C)C)C(=O)OC(C)(C)C. The number of carbonyl (C=O) groups is 1. The first-order chi connectivity index (χ1) is 7.01. The van der Waals surface area contributed by atoms with Gasteiger partial charge < -0.3 is 9.64 Å². The maximum atomic E-state index is 11.6. The first-order valence-electron chi connectivity index (χ1n) is 5.59. The first kappa shape index (κ1) is 15.6. The summed E-state index contributed by atoms with van der Waals surface area (Å²) in [5, 5.41) is 0.